The minimum Gasteiger partial charge on any atom is -0.275 e. The molecule has 5 nitrogen and oxygen atoms in total. The van der Waals surface area contributed by atoms with Crippen molar-refractivity contribution in [3.05, 3.63) is 32.7 Å². The molecule has 0 radical (unpaired) electrons. The molecule has 0 atom stereocenters. The van der Waals surface area contributed by atoms with E-state index in [-0.39, 0.29) is 5.02 Å². The summed E-state index contributed by atoms with van der Waals surface area (Å²) in [7, 11) is 0. The standard InChI is InChI=1S/C15H21ClN4O/c1-3-4-5-6-11-10(2)7-8-12(11)18-19-13-9-17-20-15(21)14(13)16/h9H,3-8H2,1-2H3,(H2,19,20,21)/b18-12-. The molecule has 0 amide bonds. The lowest BCUT2D eigenvalue weighted by Gasteiger charge is -2.07. The van der Waals surface area contributed by atoms with Crippen molar-refractivity contribution in [3.63, 3.8) is 0 Å². The van der Waals surface area contributed by atoms with Gasteiger partial charge in [0.15, 0.2) is 0 Å². The van der Waals surface area contributed by atoms with Crippen molar-refractivity contribution in [2.75, 3.05) is 5.43 Å². The van der Waals surface area contributed by atoms with Crippen molar-refractivity contribution in [3.8, 4) is 0 Å². The number of aromatic nitrogens is 2. The Hall–Kier alpha value is -1.62. The zero-order valence-electron chi connectivity index (χ0n) is 12.5. The molecule has 2 rings (SSSR count). The van der Waals surface area contributed by atoms with E-state index in [9.17, 15) is 4.79 Å². The molecule has 0 bridgehead atoms. The average Bonchev–Trinajstić information content (AvgIpc) is 2.82. The third kappa shape index (κ3) is 3.94. The molecule has 0 aliphatic heterocycles. The number of allylic oxidation sites excluding steroid dienone is 2. The minimum absolute atomic E-state index is 0.0839. The van der Waals surface area contributed by atoms with E-state index in [1.54, 1.807) is 0 Å². The second kappa shape index (κ2) is 7.41. The summed E-state index contributed by atoms with van der Waals surface area (Å²) in [6, 6.07) is 0. The zero-order chi connectivity index (χ0) is 15.2. The number of hydrazone groups is 1. The molecule has 0 saturated heterocycles. The van der Waals surface area contributed by atoms with E-state index in [1.807, 2.05) is 0 Å². The van der Waals surface area contributed by atoms with Crippen LogP contribution < -0.4 is 11.0 Å². The Balaban J connectivity index is 2.10. The lowest BCUT2D eigenvalue weighted by atomic mass is 10.0. The largest absolute Gasteiger partial charge is 0.285 e. The zero-order valence-corrected chi connectivity index (χ0v) is 13.3. The fourth-order valence-electron chi connectivity index (χ4n) is 2.48. The van der Waals surface area contributed by atoms with E-state index < -0.39 is 5.56 Å². The fourth-order valence-corrected chi connectivity index (χ4v) is 2.61. The van der Waals surface area contributed by atoms with Gasteiger partial charge in [0.1, 0.15) is 10.7 Å². The molecular weight excluding hydrogens is 288 g/mol. The molecule has 0 fully saturated rings. The molecule has 2 N–H and O–H groups in total. The fraction of sp³-hybridized carbons (Fsp3) is 0.533. The minimum atomic E-state index is -0.414. The highest BCUT2D eigenvalue weighted by atomic mass is 35.5. The number of anilines is 1. The highest BCUT2D eigenvalue weighted by Gasteiger charge is 2.18. The van der Waals surface area contributed by atoms with Crippen LogP contribution in [0.1, 0.15) is 52.4 Å². The molecule has 6 heteroatoms. The first-order chi connectivity index (χ1) is 10.1. The number of hydrogen-bond donors (Lipinski definition) is 2. The van der Waals surface area contributed by atoms with Gasteiger partial charge in [0.25, 0.3) is 5.56 Å². The van der Waals surface area contributed by atoms with Crippen molar-refractivity contribution in [1.82, 2.24) is 10.2 Å². The summed E-state index contributed by atoms with van der Waals surface area (Å²) in [5.41, 5.74) is 6.74. The Morgan fingerprint density at radius 2 is 2.24 bits per heavy atom. The van der Waals surface area contributed by atoms with Gasteiger partial charge in [0.2, 0.25) is 0 Å². The molecule has 1 aromatic rings. The van der Waals surface area contributed by atoms with Crippen LogP contribution in [0.25, 0.3) is 0 Å². The van der Waals surface area contributed by atoms with E-state index >= 15 is 0 Å². The van der Waals surface area contributed by atoms with E-state index in [0.29, 0.717) is 5.69 Å². The summed E-state index contributed by atoms with van der Waals surface area (Å²) in [5, 5.41) is 10.5. The molecule has 114 valence electrons. The van der Waals surface area contributed by atoms with E-state index in [1.165, 1.54) is 36.6 Å². The van der Waals surface area contributed by atoms with E-state index in [2.05, 4.69) is 34.6 Å². The van der Waals surface area contributed by atoms with Crippen molar-refractivity contribution in [1.29, 1.82) is 0 Å². The Bertz CT molecular complexity index is 618. The number of nitrogens with zero attached hydrogens (tertiary/aromatic N) is 2. The molecule has 21 heavy (non-hydrogen) atoms. The second-order valence-corrected chi connectivity index (χ2v) is 5.69. The lowest BCUT2D eigenvalue weighted by Crippen LogP contribution is -2.11. The Morgan fingerprint density at radius 3 is 3.00 bits per heavy atom. The molecular formula is C15H21ClN4O. The van der Waals surface area contributed by atoms with Gasteiger partial charge in [-0.3, -0.25) is 10.2 Å². The topological polar surface area (TPSA) is 70.1 Å². The monoisotopic (exact) mass is 308 g/mol. The van der Waals surface area contributed by atoms with Crippen LogP contribution in [0.2, 0.25) is 5.02 Å². The molecule has 1 aliphatic carbocycles. The molecule has 1 heterocycles. The van der Waals surface area contributed by atoms with Crippen LogP contribution in [-0.4, -0.2) is 15.9 Å². The van der Waals surface area contributed by atoms with Gasteiger partial charge in [-0.2, -0.15) is 10.2 Å². The van der Waals surface area contributed by atoms with Gasteiger partial charge in [-0.1, -0.05) is 36.9 Å². The van der Waals surface area contributed by atoms with Crippen LogP contribution in [0, 0.1) is 0 Å². The Kier molecular flexibility index (Phi) is 5.56. The number of rotatable bonds is 6. The summed E-state index contributed by atoms with van der Waals surface area (Å²) < 4.78 is 0. The molecule has 0 aromatic carbocycles. The highest BCUT2D eigenvalue weighted by molar-refractivity contribution is 6.32. The van der Waals surface area contributed by atoms with Gasteiger partial charge in [0, 0.05) is 0 Å². The number of unbranched alkanes of at least 4 members (excludes halogenated alkanes) is 2. The Morgan fingerprint density at radius 1 is 1.43 bits per heavy atom. The third-order valence-electron chi connectivity index (χ3n) is 3.74. The summed E-state index contributed by atoms with van der Waals surface area (Å²) in [6.07, 6.45) is 8.18. The van der Waals surface area contributed by atoms with Crippen LogP contribution in [-0.2, 0) is 0 Å². The lowest BCUT2D eigenvalue weighted by molar-refractivity contribution is 0.720. The van der Waals surface area contributed by atoms with Crippen LogP contribution in [0.3, 0.4) is 0 Å². The summed E-state index contributed by atoms with van der Waals surface area (Å²) in [4.78, 5) is 11.4. The number of aromatic amines is 1. The Labute approximate surface area is 129 Å². The van der Waals surface area contributed by atoms with Gasteiger partial charge in [-0.15, -0.1) is 0 Å². The van der Waals surface area contributed by atoms with Gasteiger partial charge in [-0.25, -0.2) is 5.10 Å². The van der Waals surface area contributed by atoms with Crippen molar-refractivity contribution < 1.29 is 0 Å². The van der Waals surface area contributed by atoms with E-state index in [4.69, 9.17) is 11.6 Å². The maximum Gasteiger partial charge on any atom is 0.285 e. The molecule has 1 aromatic heterocycles. The van der Waals surface area contributed by atoms with E-state index in [0.717, 1.165) is 25.0 Å². The van der Waals surface area contributed by atoms with Crippen LogP contribution in [0.15, 0.2) is 27.2 Å². The van der Waals surface area contributed by atoms with Crippen LogP contribution in [0.4, 0.5) is 5.69 Å². The smallest absolute Gasteiger partial charge is 0.275 e. The first kappa shape index (κ1) is 15.8. The van der Waals surface area contributed by atoms with Gasteiger partial charge < -0.3 is 0 Å². The first-order valence-electron chi connectivity index (χ1n) is 7.38. The summed E-state index contributed by atoms with van der Waals surface area (Å²) >= 11 is 5.92. The predicted molar refractivity (Wildman–Crippen MR) is 87.0 cm³/mol. The van der Waals surface area contributed by atoms with Crippen molar-refractivity contribution >= 4 is 23.0 Å². The number of nitrogens with one attached hydrogen (secondary N) is 2. The summed E-state index contributed by atoms with van der Waals surface area (Å²) in [6.45, 7) is 4.37. The number of H-pyrrole nitrogens is 1. The summed E-state index contributed by atoms with van der Waals surface area (Å²) in [5.74, 6) is 0. The maximum atomic E-state index is 11.4. The van der Waals surface area contributed by atoms with Crippen molar-refractivity contribution in [2.24, 2.45) is 5.10 Å². The molecule has 0 saturated carbocycles. The average molecular weight is 309 g/mol. The van der Waals surface area contributed by atoms with Crippen molar-refractivity contribution in [2.45, 2.75) is 52.4 Å². The highest BCUT2D eigenvalue weighted by Crippen LogP contribution is 2.28. The number of hydrogen-bond acceptors (Lipinski definition) is 4. The maximum absolute atomic E-state index is 11.4. The predicted octanol–water partition coefficient (Wildman–Crippen LogP) is 3.88. The normalized spacial score (nSPS) is 16.8. The van der Waals surface area contributed by atoms with Gasteiger partial charge >= 0.3 is 0 Å². The van der Waals surface area contributed by atoms with Gasteiger partial charge in [0.05, 0.1) is 11.9 Å². The first-order valence-corrected chi connectivity index (χ1v) is 7.76. The van der Waals surface area contributed by atoms with Gasteiger partial charge in [-0.05, 0) is 38.2 Å². The molecule has 1 aliphatic rings. The second-order valence-electron chi connectivity index (χ2n) is 5.31. The third-order valence-corrected chi connectivity index (χ3v) is 4.11. The quantitative estimate of drug-likeness (QED) is 0.619. The number of halogens is 1. The molecule has 0 unspecified atom stereocenters. The van der Waals surface area contributed by atoms with Crippen LogP contribution >= 0.6 is 11.6 Å². The SMILES string of the molecule is CCCCCC1=C(C)CC/C1=N/Nc1cn[nH]c(=O)c1Cl. The molecule has 0 spiro atoms. The van der Waals surface area contributed by atoms with Crippen LogP contribution in [0.5, 0.6) is 0 Å².